The second-order valence-electron chi connectivity index (χ2n) is 5.44. The van der Waals surface area contributed by atoms with Crippen molar-refractivity contribution in [3.63, 3.8) is 0 Å². The Labute approximate surface area is 116 Å². The first-order chi connectivity index (χ1) is 9.31. The van der Waals surface area contributed by atoms with Gasteiger partial charge in [-0.2, -0.15) is 0 Å². The molecule has 1 aromatic heterocycles. The van der Waals surface area contributed by atoms with Crippen LogP contribution >= 0.6 is 0 Å². The summed E-state index contributed by atoms with van der Waals surface area (Å²) in [5, 5.41) is 10.6. The summed E-state index contributed by atoms with van der Waals surface area (Å²) in [4.78, 5) is 4.18. The highest BCUT2D eigenvalue weighted by Crippen LogP contribution is 2.33. The van der Waals surface area contributed by atoms with Crippen molar-refractivity contribution in [2.24, 2.45) is 5.92 Å². The van der Waals surface area contributed by atoms with E-state index in [9.17, 15) is 5.11 Å². The molecule has 1 aromatic rings. The molecule has 1 heterocycles. The summed E-state index contributed by atoms with van der Waals surface area (Å²) in [6.07, 6.45) is 11.8. The molecule has 0 aliphatic heterocycles. The van der Waals surface area contributed by atoms with E-state index in [0.717, 1.165) is 24.2 Å². The summed E-state index contributed by atoms with van der Waals surface area (Å²) in [6, 6.07) is 1.93. The molecule has 0 spiro atoms. The fraction of sp³-hybridized carbons (Fsp3) is 0.688. The number of hydrogen-bond donors (Lipinski definition) is 1. The molecule has 0 amide bonds. The van der Waals surface area contributed by atoms with Gasteiger partial charge in [0.2, 0.25) is 0 Å². The van der Waals surface area contributed by atoms with E-state index in [2.05, 4.69) is 4.98 Å². The van der Waals surface area contributed by atoms with E-state index in [-0.39, 0.29) is 0 Å². The van der Waals surface area contributed by atoms with Crippen LogP contribution in [-0.4, -0.2) is 16.7 Å². The maximum Gasteiger partial charge on any atom is 0.137 e. The van der Waals surface area contributed by atoms with Gasteiger partial charge in [0.15, 0.2) is 0 Å². The van der Waals surface area contributed by atoms with E-state index < -0.39 is 6.10 Å². The SMILES string of the molecule is CCOc1cncc(C(O)C2CCCCCCC2)c1. The molecule has 0 aromatic carbocycles. The van der Waals surface area contributed by atoms with E-state index in [1.54, 1.807) is 12.4 Å². The summed E-state index contributed by atoms with van der Waals surface area (Å²) in [5.41, 5.74) is 0.900. The first-order valence-corrected chi connectivity index (χ1v) is 7.57. The van der Waals surface area contributed by atoms with Crippen LogP contribution in [0.3, 0.4) is 0 Å². The first kappa shape index (κ1) is 14.3. The monoisotopic (exact) mass is 263 g/mol. The van der Waals surface area contributed by atoms with Gasteiger partial charge in [0, 0.05) is 11.8 Å². The van der Waals surface area contributed by atoms with Crippen molar-refractivity contribution in [3.8, 4) is 5.75 Å². The van der Waals surface area contributed by atoms with Crippen molar-refractivity contribution in [3.05, 3.63) is 24.0 Å². The molecule has 1 aliphatic rings. The number of rotatable bonds is 4. The summed E-state index contributed by atoms with van der Waals surface area (Å²) in [7, 11) is 0. The van der Waals surface area contributed by atoms with Gasteiger partial charge >= 0.3 is 0 Å². The fourth-order valence-corrected chi connectivity index (χ4v) is 2.92. The zero-order chi connectivity index (χ0) is 13.5. The third-order valence-corrected chi connectivity index (χ3v) is 3.98. The number of hydrogen-bond acceptors (Lipinski definition) is 3. The van der Waals surface area contributed by atoms with Crippen molar-refractivity contribution in [2.75, 3.05) is 6.61 Å². The molecule has 0 saturated heterocycles. The molecule has 1 unspecified atom stereocenters. The van der Waals surface area contributed by atoms with Crippen LogP contribution in [0.1, 0.15) is 63.5 Å². The molecule has 3 heteroatoms. The number of aliphatic hydroxyl groups is 1. The predicted octanol–water partition coefficient (Wildman–Crippen LogP) is 3.87. The highest BCUT2D eigenvalue weighted by atomic mass is 16.5. The Kier molecular flexibility index (Phi) is 5.64. The minimum Gasteiger partial charge on any atom is -0.492 e. The largest absolute Gasteiger partial charge is 0.492 e. The highest BCUT2D eigenvalue weighted by molar-refractivity contribution is 5.25. The Balaban J connectivity index is 2.03. The molecule has 1 fully saturated rings. The maximum absolute atomic E-state index is 10.6. The van der Waals surface area contributed by atoms with Gasteiger partial charge < -0.3 is 9.84 Å². The number of ether oxygens (including phenoxy) is 1. The van der Waals surface area contributed by atoms with Gasteiger partial charge in [0.25, 0.3) is 0 Å². The zero-order valence-corrected chi connectivity index (χ0v) is 11.8. The predicted molar refractivity (Wildman–Crippen MR) is 76.2 cm³/mol. The van der Waals surface area contributed by atoms with Gasteiger partial charge in [-0.1, -0.05) is 32.1 Å². The Morgan fingerprint density at radius 1 is 1.21 bits per heavy atom. The second kappa shape index (κ2) is 7.49. The lowest BCUT2D eigenvalue weighted by atomic mass is 9.85. The van der Waals surface area contributed by atoms with Crippen molar-refractivity contribution < 1.29 is 9.84 Å². The molecule has 1 aliphatic carbocycles. The van der Waals surface area contributed by atoms with Crippen LogP contribution in [0, 0.1) is 5.92 Å². The summed E-state index contributed by atoms with van der Waals surface area (Å²) in [5.74, 6) is 1.13. The lowest BCUT2D eigenvalue weighted by molar-refractivity contribution is 0.0906. The molecule has 1 N–H and O–H groups in total. The minimum absolute atomic E-state index is 0.374. The van der Waals surface area contributed by atoms with Gasteiger partial charge in [-0.05, 0) is 31.7 Å². The smallest absolute Gasteiger partial charge is 0.137 e. The Morgan fingerprint density at radius 3 is 2.58 bits per heavy atom. The first-order valence-electron chi connectivity index (χ1n) is 7.57. The highest BCUT2D eigenvalue weighted by Gasteiger charge is 2.22. The standard InChI is InChI=1S/C16H25NO2/c1-2-19-15-10-14(11-17-12-15)16(18)13-8-6-4-3-5-7-9-13/h10-13,16,18H,2-9H2,1H3. The molecule has 0 radical (unpaired) electrons. The lowest BCUT2D eigenvalue weighted by Crippen LogP contribution is -2.14. The molecule has 3 nitrogen and oxygen atoms in total. The average molecular weight is 263 g/mol. The molecule has 19 heavy (non-hydrogen) atoms. The number of aromatic nitrogens is 1. The quantitative estimate of drug-likeness (QED) is 0.896. The average Bonchev–Trinajstić information content (AvgIpc) is 2.38. The van der Waals surface area contributed by atoms with Crippen LogP contribution in [0.2, 0.25) is 0 Å². The second-order valence-corrected chi connectivity index (χ2v) is 5.44. The van der Waals surface area contributed by atoms with Gasteiger partial charge in [-0.25, -0.2) is 0 Å². The van der Waals surface area contributed by atoms with E-state index in [0.29, 0.717) is 12.5 Å². The van der Waals surface area contributed by atoms with Crippen molar-refractivity contribution in [1.82, 2.24) is 4.98 Å². The summed E-state index contributed by atoms with van der Waals surface area (Å²) >= 11 is 0. The van der Waals surface area contributed by atoms with Gasteiger partial charge in [-0.15, -0.1) is 0 Å². The van der Waals surface area contributed by atoms with Crippen LogP contribution in [-0.2, 0) is 0 Å². The van der Waals surface area contributed by atoms with Crippen LogP contribution in [0.25, 0.3) is 0 Å². The Morgan fingerprint density at radius 2 is 1.89 bits per heavy atom. The van der Waals surface area contributed by atoms with Crippen LogP contribution in [0.15, 0.2) is 18.5 Å². The van der Waals surface area contributed by atoms with Crippen LogP contribution < -0.4 is 4.74 Å². The fourth-order valence-electron chi connectivity index (χ4n) is 2.92. The topological polar surface area (TPSA) is 42.4 Å². The number of aliphatic hydroxyl groups excluding tert-OH is 1. The zero-order valence-electron chi connectivity index (χ0n) is 11.8. The normalized spacial score (nSPS) is 19.5. The van der Waals surface area contributed by atoms with Crippen LogP contribution in [0.5, 0.6) is 5.75 Å². The van der Waals surface area contributed by atoms with Gasteiger partial charge in [-0.3, -0.25) is 4.98 Å². The molecular formula is C16H25NO2. The summed E-state index contributed by atoms with van der Waals surface area (Å²) < 4.78 is 5.46. The summed E-state index contributed by atoms with van der Waals surface area (Å²) in [6.45, 7) is 2.59. The minimum atomic E-state index is -0.397. The molecule has 0 bridgehead atoms. The van der Waals surface area contributed by atoms with E-state index in [4.69, 9.17) is 4.74 Å². The lowest BCUT2D eigenvalue weighted by Gasteiger charge is -2.25. The van der Waals surface area contributed by atoms with E-state index in [1.807, 2.05) is 13.0 Å². The van der Waals surface area contributed by atoms with Gasteiger partial charge in [0.1, 0.15) is 5.75 Å². The number of pyridine rings is 1. The third kappa shape index (κ3) is 4.20. The van der Waals surface area contributed by atoms with Crippen molar-refractivity contribution in [1.29, 1.82) is 0 Å². The third-order valence-electron chi connectivity index (χ3n) is 3.98. The van der Waals surface area contributed by atoms with Crippen LogP contribution in [0.4, 0.5) is 0 Å². The Hall–Kier alpha value is -1.09. The van der Waals surface area contributed by atoms with E-state index in [1.165, 1.54) is 32.1 Å². The Bertz CT molecular complexity index is 373. The van der Waals surface area contributed by atoms with Gasteiger partial charge in [0.05, 0.1) is 18.9 Å². The molecule has 1 saturated carbocycles. The van der Waals surface area contributed by atoms with Crippen molar-refractivity contribution >= 4 is 0 Å². The maximum atomic E-state index is 10.6. The molecule has 106 valence electrons. The number of nitrogens with zero attached hydrogens (tertiary/aromatic N) is 1. The molecular weight excluding hydrogens is 238 g/mol. The van der Waals surface area contributed by atoms with Crippen molar-refractivity contribution in [2.45, 2.75) is 58.0 Å². The molecule has 2 rings (SSSR count). The van der Waals surface area contributed by atoms with E-state index >= 15 is 0 Å². The molecule has 1 atom stereocenters.